The number of methoxy groups -OCH3 is 1. The molecule has 1 aromatic carbocycles. The highest BCUT2D eigenvalue weighted by atomic mass is 16.5. The van der Waals surface area contributed by atoms with Gasteiger partial charge in [-0.3, -0.25) is 4.98 Å². The van der Waals surface area contributed by atoms with Crippen LogP contribution in [0.1, 0.15) is 18.7 Å². The minimum Gasteiger partial charge on any atom is -0.497 e. The van der Waals surface area contributed by atoms with E-state index in [4.69, 9.17) is 9.15 Å². The van der Waals surface area contributed by atoms with Crippen LogP contribution >= 0.6 is 0 Å². The van der Waals surface area contributed by atoms with Crippen molar-refractivity contribution in [2.45, 2.75) is 13.0 Å². The zero-order valence-electron chi connectivity index (χ0n) is 11.5. The molecule has 1 atom stereocenters. The highest BCUT2D eigenvalue weighted by molar-refractivity contribution is 5.91. The number of nitrogens with zero attached hydrogens (tertiary/aromatic N) is 1. The van der Waals surface area contributed by atoms with Crippen LogP contribution in [0, 0.1) is 0 Å². The van der Waals surface area contributed by atoms with Crippen LogP contribution in [0.4, 0.5) is 5.69 Å². The summed E-state index contributed by atoms with van der Waals surface area (Å²) in [4.78, 5) is 4.44. The molecule has 0 bridgehead atoms. The van der Waals surface area contributed by atoms with E-state index < -0.39 is 0 Å². The SMILES string of the molecule is COc1cc(NC(C)c2ccco2)c2ncccc2c1. The van der Waals surface area contributed by atoms with Crippen molar-refractivity contribution in [1.82, 2.24) is 4.98 Å². The van der Waals surface area contributed by atoms with Crippen LogP contribution in [0.2, 0.25) is 0 Å². The fourth-order valence-corrected chi connectivity index (χ4v) is 2.23. The number of aromatic nitrogens is 1. The quantitative estimate of drug-likeness (QED) is 0.776. The second-order valence-electron chi connectivity index (χ2n) is 4.63. The highest BCUT2D eigenvalue weighted by Crippen LogP contribution is 2.30. The molecule has 2 aromatic heterocycles. The third kappa shape index (κ3) is 2.32. The second-order valence-corrected chi connectivity index (χ2v) is 4.63. The molecule has 102 valence electrons. The van der Waals surface area contributed by atoms with Gasteiger partial charge >= 0.3 is 0 Å². The monoisotopic (exact) mass is 268 g/mol. The van der Waals surface area contributed by atoms with Crippen molar-refractivity contribution in [3.8, 4) is 5.75 Å². The summed E-state index contributed by atoms with van der Waals surface area (Å²) in [6.07, 6.45) is 3.47. The molecule has 2 heterocycles. The highest BCUT2D eigenvalue weighted by Gasteiger charge is 2.11. The number of anilines is 1. The van der Waals surface area contributed by atoms with Gasteiger partial charge in [0.05, 0.1) is 30.6 Å². The number of hydrogen-bond donors (Lipinski definition) is 1. The normalized spacial score (nSPS) is 12.3. The summed E-state index contributed by atoms with van der Waals surface area (Å²) in [7, 11) is 1.66. The van der Waals surface area contributed by atoms with Gasteiger partial charge in [-0.2, -0.15) is 0 Å². The lowest BCUT2D eigenvalue weighted by molar-refractivity contribution is 0.415. The first-order chi connectivity index (χ1) is 9.78. The Labute approximate surface area is 117 Å². The molecule has 0 spiro atoms. The first-order valence-corrected chi connectivity index (χ1v) is 6.50. The van der Waals surface area contributed by atoms with E-state index in [0.717, 1.165) is 28.1 Å². The number of rotatable bonds is 4. The van der Waals surface area contributed by atoms with Crippen molar-refractivity contribution >= 4 is 16.6 Å². The van der Waals surface area contributed by atoms with E-state index in [1.54, 1.807) is 19.6 Å². The van der Waals surface area contributed by atoms with Gasteiger partial charge in [0.15, 0.2) is 0 Å². The number of hydrogen-bond acceptors (Lipinski definition) is 4. The molecule has 20 heavy (non-hydrogen) atoms. The molecule has 4 nitrogen and oxygen atoms in total. The Morgan fingerprint density at radius 2 is 2.15 bits per heavy atom. The van der Waals surface area contributed by atoms with Crippen molar-refractivity contribution in [1.29, 1.82) is 0 Å². The van der Waals surface area contributed by atoms with E-state index in [-0.39, 0.29) is 6.04 Å². The zero-order chi connectivity index (χ0) is 13.9. The predicted octanol–water partition coefficient (Wildman–Crippen LogP) is 4.01. The van der Waals surface area contributed by atoms with Crippen molar-refractivity contribution < 1.29 is 9.15 Å². The van der Waals surface area contributed by atoms with Gasteiger partial charge in [0.1, 0.15) is 11.5 Å². The molecule has 4 heteroatoms. The standard InChI is InChI=1S/C16H16N2O2/c1-11(15-6-4-8-20-15)18-14-10-13(19-2)9-12-5-3-7-17-16(12)14/h3-11,18H,1-2H3. The van der Waals surface area contributed by atoms with E-state index in [2.05, 4.69) is 10.3 Å². The predicted molar refractivity (Wildman–Crippen MR) is 79.0 cm³/mol. The Morgan fingerprint density at radius 3 is 2.90 bits per heavy atom. The zero-order valence-corrected chi connectivity index (χ0v) is 11.5. The van der Waals surface area contributed by atoms with Crippen molar-refractivity contribution in [3.05, 3.63) is 54.6 Å². The van der Waals surface area contributed by atoms with Crippen LogP contribution in [0.3, 0.4) is 0 Å². The number of pyridine rings is 1. The van der Waals surface area contributed by atoms with Crippen LogP contribution < -0.4 is 10.1 Å². The minimum atomic E-state index is 0.0577. The lowest BCUT2D eigenvalue weighted by Crippen LogP contribution is -2.06. The van der Waals surface area contributed by atoms with Gasteiger partial charge in [-0.25, -0.2) is 0 Å². The minimum absolute atomic E-state index is 0.0577. The number of ether oxygens (including phenoxy) is 1. The number of furan rings is 1. The van der Waals surface area contributed by atoms with E-state index in [1.165, 1.54) is 0 Å². The van der Waals surface area contributed by atoms with Gasteiger partial charge in [0, 0.05) is 17.6 Å². The van der Waals surface area contributed by atoms with Crippen molar-refractivity contribution in [3.63, 3.8) is 0 Å². The summed E-state index contributed by atoms with van der Waals surface area (Å²) in [6.45, 7) is 2.05. The summed E-state index contributed by atoms with van der Waals surface area (Å²) in [5.41, 5.74) is 1.86. The molecule has 1 N–H and O–H groups in total. The molecule has 0 aliphatic carbocycles. The van der Waals surface area contributed by atoms with Crippen molar-refractivity contribution in [2.24, 2.45) is 0 Å². The molecule has 0 saturated carbocycles. The number of nitrogens with one attached hydrogen (secondary N) is 1. The summed E-state index contributed by atoms with van der Waals surface area (Å²) >= 11 is 0. The molecule has 3 rings (SSSR count). The Balaban J connectivity index is 2.01. The largest absolute Gasteiger partial charge is 0.497 e. The van der Waals surface area contributed by atoms with E-state index >= 15 is 0 Å². The molecule has 0 aliphatic rings. The Kier molecular flexibility index (Phi) is 3.29. The first-order valence-electron chi connectivity index (χ1n) is 6.50. The van der Waals surface area contributed by atoms with Gasteiger partial charge in [-0.1, -0.05) is 6.07 Å². The van der Waals surface area contributed by atoms with Gasteiger partial charge in [0.2, 0.25) is 0 Å². The average Bonchev–Trinajstić information content (AvgIpc) is 3.01. The third-order valence-electron chi connectivity index (χ3n) is 3.26. The summed E-state index contributed by atoms with van der Waals surface area (Å²) < 4.78 is 10.8. The Bertz CT molecular complexity index is 708. The third-order valence-corrected chi connectivity index (χ3v) is 3.26. The molecule has 3 aromatic rings. The topological polar surface area (TPSA) is 47.3 Å². The first kappa shape index (κ1) is 12.5. The maximum absolute atomic E-state index is 5.42. The van der Waals surface area contributed by atoms with E-state index in [1.807, 2.05) is 43.3 Å². The fourth-order valence-electron chi connectivity index (χ4n) is 2.23. The van der Waals surface area contributed by atoms with Gasteiger partial charge in [0.25, 0.3) is 0 Å². The molecule has 0 amide bonds. The summed E-state index contributed by atoms with van der Waals surface area (Å²) in [5, 5.41) is 4.47. The lowest BCUT2D eigenvalue weighted by atomic mass is 10.1. The lowest BCUT2D eigenvalue weighted by Gasteiger charge is -2.15. The van der Waals surface area contributed by atoms with Gasteiger partial charge < -0.3 is 14.5 Å². The van der Waals surface area contributed by atoms with Crippen LogP contribution in [0.25, 0.3) is 10.9 Å². The van der Waals surface area contributed by atoms with Crippen LogP contribution in [-0.2, 0) is 0 Å². The Hall–Kier alpha value is -2.49. The number of benzene rings is 1. The second kappa shape index (κ2) is 5.25. The summed E-state index contributed by atoms with van der Waals surface area (Å²) in [5.74, 6) is 1.69. The molecular formula is C16H16N2O2. The summed E-state index contributed by atoms with van der Waals surface area (Å²) in [6, 6.07) is 11.8. The van der Waals surface area contributed by atoms with Crippen LogP contribution in [0.15, 0.2) is 53.3 Å². The maximum atomic E-state index is 5.42. The molecule has 1 unspecified atom stereocenters. The van der Waals surface area contributed by atoms with Crippen LogP contribution in [0.5, 0.6) is 5.75 Å². The van der Waals surface area contributed by atoms with Crippen LogP contribution in [-0.4, -0.2) is 12.1 Å². The smallest absolute Gasteiger partial charge is 0.125 e. The van der Waals surface area contributed by atoms with Gasteiger partial charge in [-0.15, -0.1) is 0 Å². The number of fused-ring (bicyclic) bond motifs is 1. The molecule has 0 saturated heterocycles. The van der Waals surface area contributed by atoms with Crippen molar-refractivity contribution in [2.75, 3.05) is 12.4 Å². The average molecular weight is 268 g/mol. The molecular weight excluding hydrogens is 252 g/mol. The molecule has 0 fully saturated rings. The van der Waals surface area contributed by atoms with E-state index in [0.29, 0.717) is 0 Å². The fraction of sp³-hybridized carbons (Fsp3) is 0.188. The molecule has 0 radical (unpaired) electrons. The maximum Gasteiger partial charge on any atom is 0.125 e. The molecule has 0 aliphatic heterocycles. The van der Waals surface area contributed by atoms with E-state index in [9.17, 15) is 0 Å². The van der Waals surface area contributed by atoms with Gasteiger partial charge in [-0.05, 0) is 31.2 Å². The Morgan fingerprint density at radius 1 is 1.25 bits per heavy atom.